The van der Waals surface area contributed by atoms with Crippen molar-refractivity contribution >= 4 is 30.3 Å². The predicted molar refractivity (Wildman–Crippen MR) is 177 cm³/mol. The molecule has 45 heavy (non-hydrogen) atoms. The summed E-state index contributed by atoms with van der Waals surface area (Å²) in [5.74, 6) is -3.18. The number of fused-ring (bicyclic) bond motifs is 3. The van der Waals surface area contributed by atoms with Gasteiger partial charge in [-0.2, -0.15) is 0 Å². The van der Waals surface area contributed by atoms with Gasteiger partial charge in [-0.15, -0.1) is 0 Å². The Hall–Kier alpha value is -3.15. The predicted octanol–water partition coefficient (Wildman–Crippen LogP) is 2.48. The standard InChI is InChI=1S/C34H49BN4O6/c1-6-39(13-12-18-10-8-7-9-11-18)17-20-16-23(40)25-21(27(20)37(2)3)14-19-15-22-28(38(4)5)30(42)26(33(36)44)31(35)34(22,45)32(43)24(19)29(25)41/h16,18-19,22,28,35,40,42-43,45H,6-15,17H2,1-5H3,(H2,36,44)/t19-,22-,28-,34+/m0/s1. The second kappa shape index (κ2) is 12.6. The van der Waals surface area contributed by atoms with Crippen LogP contribution in [0.4, 0.5) is 5.69 Å². The van der Waals surface area contributed by atoms with Gasteiger partial charge < -0.3 is 0 Å². The molecule has 0 aromatic heterocycles. The van der Waals surface area contributed by atoms with E-state index >= 15 is 0 Å². The number of amides is 1. The zero-order chi connectivity index (χ0) is 33.0. The van der Waals surface area contributed by atoms with Crippen LogP contribution in [0.2, 0.25) is 0 Å². The second-order valence-corrected chi connectivity index (χ2v) is 13.9. The van der Waals surface area contributed by atoms with Gasteiger partial charge in [-0.1, -0.05) is 39.0 Å². The van der Waals surface area contributed by atoms with Crippen molar-refractivity contribution in [3.63, 3.8) is 0 Å². The number of rotatable bonds is 9. The van der Waals surface area contributed by atoms with Crippen LogP contribution in [0.3, 0.4) is 0 Å². The van der Waals surface area contributed by atoms with E-state index in [4.69, 9.17) is 5.73 Å². The third-order valence-corrected chi connectivity index (χ3v) is 10.8. The number of hydrogen-bond acceptors (Lipinski definition) is 9. The van der Waals surface area contributed by atoms with E-state index in [0.717, 1.165) is 36.7 Å². The number of aliphatic hydroxyl groups excluding tert-OH is 2. The quantitative estimate of drug-likeness (QED) is 0.263. The number of aliphatic hydroxyl groups is 3. The van der Waals surface area contributed by atoms with Gasteiger partial charge in [0.25, 0.3) is 0 Å². The van der Waals surface area contributed by atoms with Crippen LogP contribution < -0.4 is 10.6 Å². The third kappa shape index (κ3) is 5.50. The van der Waals surface area contributed by atoms with Crippen LogP contribution in [0, 0.1) is 17.8 Å². The fourth-order valence-corrected chi connectivity index (χ4v) is 8.65. The number of phenols is 1. The molecule has 244 valence electrons. The van der Waals surface area contributed by atoms with E-state index in [1.54, 1.807) is 25.1 Å². The minimum atomic E-state index is -2.20. The molecule has 4 aliphatic rings. The summed E-state index contributed by atoms with van der Waals surface area (Å²) < 4.78 is 0. The molecule has 0 saturated heterocycles. The van der Waals surface area contributed by atoms with E-state index in [0.29, 0.717) is 18.5 Å². The Bertz CT molecular complexity index is 1460. The molecule has 0 unspecified atom stereocenters. The van der Waals surface area contributed by atoms with Crippen LogP contribution in [0.5, 0.6) is 5.75 Å². The number of primary amides is 1. The number of anilines is 1. The fraction of sp³-hybridized carbons (Fsp3) is 0.618. The molecule has 11 heteroatoms. The summed E-state index contributed by atoms with van der Waals surface area (Å²) in [6.45, 7) is 4.60. The van der Waals surface area contributed by atoms with Crippen LogP contribution >= 0.6 is 0 Å². The Balaban J connectivity index is 1.56. The average molecular weight is 621 g/mol. The molecule has 1 aromatic carbocycles. The third-order valence-electron chi connectivity index (χ3n) is 10.8. The first-order valence-electron chi connectivity index (χ1n) is 16.3. The molecule has 1 saturated carbocycles. The SMILES string of the molecule is B=C1C(C(N)=O)=C(O)[C@@H](N(C)C)[C@@H]2C[C@@H]3Cc4c(c(O)cc(CN(CC)CCC5CCCCC5)c4N(C)C)C(=O)C3=C(O)[C@]12O. The summed E-state index contributed by atoms with van der Waals surface area (Å²) >= 11 is 0. The van der Waals surface area contributed by atoms with Gasteiger partial charge in [-0.25, -0.2) is 0 Å². The van der Waals surface area contributed by atoms with Crippen LogP contribution in [0.1, 0.15) is 73.4 Å². The Morgan fingerprint density at radius 2 is 1.78 bits per heavy atom. The molecule has 1 fully saturated rings. The van der Waals surface area contributed by atoms with Gasteiger partial charge in [-0.05, 0) is 12.3 Å². The van der Waals surface area contributed by atoms with Crippen molar-refractivity contribution < 1.29 is 30.0 Å². The molecule has 5 rings (SSSR count). The number of ketones is 1. The molecule has 1 amide bonds. The zero-order valence-electron chi connectivity index (χ0n) is 27.4. The molecule has 0 heterocycles. The van der Waals surface area contributed by atoms with Crippen molar-refractivity contribution in [3.8, 4) is 5.75 Å². The first-order valence-corrected chi connectivity index (χ1v) is 16.3. The summed E-state index contributed by atoms with van der Waals surface area (Å²) in [6.07, 6.45) is 8.26. The van der Waals surface area contributed by atoms with E-state index in [9.17, 15) is 30.0 Å². The average Bonchev–Trinajstić information content (AvgIpc) is 2.97. The Morgan fingerprint density at radius 1 is 1.11 bits per heavy atom. The molecule has 0 radical (unpaired) electrons. The van der Waals surface area contributed by atoms with Crippen LogP contribution in [0.15, 0.2) is 28.7 Å². The molecule has 4 atom stereocenters. The van der Waals surface area contributed by atoms with Gasteiger partial charge in [0.2, 0.25) is 0 Å². The Morgan fingerprint density at radius 3 is 2.36 bits per heavy atom. The van der Waals surface area contributed by atoms with E-state index in [1.165, 1.54) is 32.1 Å². The first kappa shape index (κ1) is 33.2. The molecule has 10 nitrogen and oxygen atoms in total. The number of allylic oxidation sites excluding steroid dienone is 1. The van der Waals surface area contributed by atoms with Crippen LogP contribution in [-0.4, -0.2) is 108 Å². The number of carbonyl (C=O) groups is 2. The molecule has 0 aliphatic heterocycles. The number of aromatic hydroxyl groups is 1. The van der Waals surface area contributed by atoms with E-state index in [-0.39, 0.29) is 40.1 Å². The molecular formula is C34H49BN4O6. The number of hydrogen-bond donors (Lipinski definition) is 5. The molecule has 1 aromatic rings. The van der Waals surface area contributed by atoms with Gasteiger partial charge in [0, 0.05) is 0 Å². The number of phenolic OH excluding ortho intramolecular Hbond substituents is 1. The zero-order valence-corrected chi connectivity index (χ0v) is 27.4. The summed E-state index contributed by atoms with van der Waals surface area (Å²) in [5, 5.41) is 46.4. The number of benzene rings is 1. The van der Waals surface area contributed by atoms with Gasteiger partial charge in [-0.3, -0.25) is 0 Å². The van der Waals surface area contributed by atoms with Crippen molar-refractivity contribution in [3.05, 3.63) is 45.4 Å². The van der Waals surface area contributed by atoms with Gasteiger partial charge >= 0.3 is 216 Å². The summed E-state index contributed by atoms with van der Waals surface area (Å²) in [5.41, 5.74) is 5.43. The Kier molecular flexibility index (Phi) is 9.28. The van der Waals surface area contributed by atoms with Crippen molar-refractivity contribution in [2.45, 2.75) is 76.5 Å². The maximum atomic E-state index is 14.2. The van der Waals surface area contributed by atoms with Crippen molar-refractivity contribution in [1.29, 1.82) is 0 Å². The van der Waals surface area contributed by atoms with Gasteiger partial charge in [0.05, 0.1) is 0 Å². The van der Waals surface area contributed by atoms with E-state index in [1.807, 2.05) is 19.0 Å². The summed E-state index contributed by atoms with van der Waals surface area (Å²) in [6, 6.07) is 0.805. The summed E-state index contributed by atoms with van der Waals surface area (Å²) in [7, 11) is 11.1. The number of Topliss-reactive ketones (excluding diaryl/α,β-unsaturated/α-hetero) is 1. The van der Waals surface area contributed by atoms with Crippen LogP contribution in [-0.2, 0) is 17.8 Å². The molecule has 4 aliphatic carbocycles. The maximum absolute atomic E-state index is 14.2. The van der Waals surface area contributed by atoms with Gasteiger partial charge in [0.15, 0.2) is 0 Å². The summed E-state index contributed by atoms with van der Waals surface area (Å²) in [4.78, 5) is 32.7. The van der Waals surface area contributed by atoms with Crippen molar-refractivity contribution in [2.75, 3.05) is 46.2 Å². The number of nitrogens with zero attached hydrogens (tertiary/aromatic N) is 3. The monoisotopic (exact) mass is 620 g/mol. The van der Waals surface area contributed by atoms with E-state index in [2.05, 4.69) is 19.3 Å². The molecule has 0 spiro atoms. The topological polar surface area (TPSA) is 151 Å². The Labute approximate surface area is 267 Å². The molecule has 0 bridgehead atoms. The van der Waals surface area contributed by atoms with Crippen LogP contribution in [0.25, 0.3) is 0 Å². The fourth-order valence-electron chi connectivity index (χ4n) is 8.65. The normalized spacial score (nSPS) is 27.1. The number of carbonyl (C=O) groups excluding carboxylic acids is 2. The first-order chi connectivity index (χ1) is 21.2. The second-order valence-electron chi connectivity index (χ2n) is 13.9. The number of nitrogens with two attached hydrogens (primary N) is 1. The minimum absolute atomic E-state index is 0.000499. The van der Waals surface area contributed by atoms with Crippen molar-refractivity contribution in [1.82, 2.24) is 9.80 Å². The molecular weight excluding hydrogens is 571 g/mol. The molecule has 6 N–H and O–H groups in total. The van der Waals surface area contributed by atoms with Crippen molar-refractivity contribution in [2.24, 2.45) is 23.5 Å². The number of likely N-dealkylation sites (N-methyl/N-ethyl adjacent to an activating group) is 1. The van der Waals surface area contributed by atoms with E-state index < -0.39 is 40.9 Å². The van der Waals surface area contributed by atoms with Gasteiger partial charge in [0.1, 0.15) is 0 Å².